The van der Waals surface area contributed by atoms with Gasteiger partial charge in [0.2, 0.25) is 0 Å². The van der Waals surface area contributed by atoms with Crippen molar-refractivity contribution in [3.63, 3.8) is 0 Å². The Hall–Kier alpha value is -2.80. The van der Waals surface area contributed by atoms with Gasteiger partial charge in [0.05, 0.1) is 11.1 Å². The maximum Gasteiger partial charge on any atom is 0.433 e. The van der Waals surface area contributed by atoms with E-state index in [1.165, 1.54) is 6.07 Å². The summed E-state index contributed by atoms with van der Waals surface area (Å²) in [6, 6.07) is 8.05. The molecule has 8 heteroatoms. The van der Waals surface area contributed by atoms with E-state index in [4.69, 9.17) is 11.6 Å². The number of carboxylic acids is 1. The van der Waals surface area contributed by atoms with Gasteiger partial charge in [0, 0.05) is 34.2 Å². The third-order valence-corrected chi connectivity index (χ3v) is 6.89. The Morgan fingerprint density at radius 1 is 1.09 bits per heavy atom. The van der Waals surface area contributed by atoms with Crippen molar-refractivity contribution in [2.45, 2.75) is 50.2 Å². The lowest BCUT2D eigenvalue weighted by Crippen LogP contribution is -2.26. The first-order valence-electron chi connectivity index (χ1n) is 10.5. The van der Waals surface area contributed by atoms with Crippen molar-refractivity contribution in [2.75, 3.05) is 0 Å². The second-order valence-corrected chi connectivity index (χ2v) is 8.88. The van der Waals surface area contributed by atoms with Gasteiger partial charge in [0.25, 0.3) is 0 Å². The molecule has 2 aliphatic rings. The molecule has 0 saturated heterocycles. The van der Waals surface area contributed by atoms with Crippen molar-refractivity contribution in [3.8, 4) is 11.1 Å². The minimum absolute atomic E-state index is 0.0466. The second kappa shape index (κ2) is 7.37. The number of nitrogens with zero attached hydrogens (tertiary/aromatic N) is 2. The van der Waals surface area contributed by atoms with Gasteiger partial charge < -0.3 is 9.67 Å². The molecule has 4 nitrogen and oxygen atoms in total. The first-order valence-corrected chi connectivity index (χ1v) is 10.9. The van der Waals surface area contributed by atoms with Gasteiger partial charge in [0.1, 0.15) is 0 Å². The highest BCUT2D eigenvalue weighted by molar-refractivity contribution is 6.31. The zero-order chi connectivity index (χ0) is 22.7. The van der Waals surface area contributed by atoms with E-state index >= 15 is 0 Å². The number of carboxylic acid groups (broad SMARTS) is 1. The summed E-state index contributed by atoms with van der Waals surface area (Å²) in [7, 11) is 0. The van der Waals surface area contributed by atoms with Gasteiger partial charge in [-0.15, -0.1) is 0 Å². The van der Waals surface area contributed by atoms with Crippen molar-refractivity contribution < 1.29 is 23.1 Å². The molecule has 0 radical (unpaired) electrons. The highest BCUT2D eigenvalue weighted by Gasteiger charge is 2.54. The zero-order valence-electron chi connectivity index (χ0n) is 17.0. The quantitative estimate of drug-likeness (QED) is 0.494. The molecule has 2 aliphatic carbocycles. The van der Waals surface area contributed by atoms with Crippen molar-refractivity contribution in [1.82, 2.24) is 9.55 Å². The molecule has 0 spiro atoms. The number of hydrogen-bond acceptors (Lipinski definition) is 2. The number of pyridine rings is 1. The fourth-order valence-corrected chi connectivity index (χ4v) is 5.30. The molecule has 1 N–H and O–H groups in total. The third-order valence-electron chi connectivity index (χ3n) is 6.57. The number of benzene rings is 1. The summed E-state index contributed by atoms with van der Waals surface area (Å²) in [6.07, 6.45) is 3.14. The number of alkyl halides is 3. The van der Waals surface area contributed by atoms with Gasteiger partial charge in [-0.25, -0.2) is 4.79 Å². The van der Waals surface area contributed by atoms with Crippen LogP contribution in [0, 0.1) is 0 Å². The van der Waals surface area contributed by atoms with Crippen LogP contribution in [-0.2, 0) is 24.6 Å². The van der Waals surface area contributed by atoms with Crippen LogP contribution in [0.15, 0.2) is 42.7 Å². The van der Waals surface area contributed by atoms with Crippen LogP contribution in [0.25, 0.3) is 11.1 Å². The van der Waals surface area contributed by atoms with E-state index in [2.05, 4.69) is 4.98 Å². The average Bonchev–Trinajstić information content (AvgIpc) is 3.46. The summed E-state index contributed by atoms with van der Waals surface area (Å²) in [6.45, 7) is 0. The van der Waals surface area contributed by atoms with Crippen LogP contribution in [0.1, 0.15) is 58.6 Å². The van der Waals surface area contributed by atoms with Gasteiger partial charge in [-0.2, -0.15) is 13.2 Å². The Labute approximate surface area is 187 Å². The van der Waals surface area contributed by atoms with Gasteiger partial charge in [-0.1, -0.05) is 23.7 Å². The Morgan fingerprint density at radius 3 is 2.41 bits per heavy atom. The molecule has 0 amide bonds. The maximum atomic E-state index is 13.8. The lowest BCUT2D eigenvalue weighted by Gasteiger charge is -2.27. The fraction of sp³-hybridized carbons (Fsp3) is 0.333. The first-order chi connectivity index (χ1) is 15.2. The molecule has 3 aromatic rings. The highest BCUT2D eigenvalue weighted by Crippen LogP contribution is 2.56. The smallest absolute Gasteiger partial charge is 0.433 e. The fourth-order valence-electron chi connectivity index (χ4n) is 4.98. The minimum Gasteiger partial charge on any atom is -0.478 e. The molecule has 1 aromatic carbocycles. The van der Waals surface area contributed by atoms with Crippen LogP contribution >= 0.6 is 11.6 Å². The number of fused-ring (bicyclic) bond motifs is 1. The van der Waals surface area contributed by atoms with Crippen LogP contribution in [-0.4, -0.2) is 20.6 Å². The van der Waals surface area contributed by atoms with Crippen molar-refractivity contribution in [3.05, 3.63) is 75.8 Å². The summed E-state index contributed by atoms with van der Waals surface area (Å²) < 4.78 is 43.5. The minimum atomic E-state index is -4.60. The Kier molecular flexibility index (Phi) is 4.85. The van der Waals surface area contributed by atoms with E-state index in [1.807, 2.05) is 10.8 Å². The number of hydrogen-bond donors (Lipinski definition) is 1. The monoisotopic (exact) mass is 460 g/mol. The van der Waals surface area contributed by atoms with E-state index in [0.717, 1.165) is 54.3 Å². The van der Waals surface area contributed by atoms with Gasteiger partial charge in [-0.3, -0.25) is 4.98 Å². The van der Waals surface area contributed by atoms with E-state index < -0.39 is 23.4 Å². The molecule has 0 atom stereocenters. The molecule has 5 rings (SSSR count). The molecule has 1 fully saturated rings. The summed E-state index contributed by atoms with van der Waals surface area (Å²) in [5.74, 6) is -1.00. The molecule has 0 unspecified atom stereocenters. The number of carbonyl (C=O) groups is 1. The van der Waals surface area contributed by atoms with E-state index in [-0.39, 0.29) is 16.1 Å². The Bertz CT molecular complexity index is 1210. The van der Waals surface area contributed by atoms with Crippen LogP contribution < -0.4 is 0 Å². The first kappa shape index (κ1) is 21.1. The van der Waals surface area contributed by atoms with E-state index in [1.54, 1.807) is 24.3 Å². The molecule has 166 valence electrons. The summed E-state index contributed by atoms with van der Waals surface area (Å²) >= 11 is 6.35. The lowest BCUT2D eigenvalue weighted by atomic mass is 9.91. The average molecular weight is 461 g/mol. The predicted molar refractivity (Wildman–Crippen MR) is 114 cm³/mol. The van der Waals surface area contributed by atoms with Crippen molar-refractivity contribution in [2.24, 2.45) is 0 Å². The van der Waals surface area contributed by atoms with Crippen molar-refractivity contribution >= 4 is 17.6 Å². The van der Waals surface area contributed by atoms with Gasteiger partial charge in [-0.05, 0) is 67.9 Å². The summed E-state index contributed by atoms with van der Waals surface area (Å²) in [5, 5.41) is 9.27. The molecule has 0 aliphatic heterocycles. The topological polar surface area (TPSA) is 55.1 Å². The van der Waals surface area contributed by atoms with Crippen LogP contribution in [0.5, 0.6) is 0 Å². The molecule has 0 bridgehead atoms. The number of rotatable bonds is 4. The number of halogens is 4. The molecule has 2 aromatic heterocycles. The van der Waals surface area contributed by atoms with Crippen LogP contribution in [0.2, 0.25) is 5.02 Å². The Balaban J connectivity index is 1.69. The highest BCUT2D eigenvalue weighted by atomic mass is 35.5. The van der Waals surface area contributed by atoms with Gasteiger partial charge in [0.15, 0.2) is 5.69 Å². The largest absolute Gasteiger partial charge is 0.478 e. The number of aromatic nitrogens is 2. The third kappa shape index (κ3) is 3.30. The Morgan fingerprint density at radius 2 is 1.78 bits per heavy atom. The molecule has 32 heavy (non-hydrogen) atoms. The van der Waals surface area contributed by atoms with E-state index in [0.29, 0.717) is 12.8 Å². The SMILES string of the molecule is O=C(O)c1ccc(-c2cn(C3(c4c(Cl)ccnc4C(F)(F)F)CC3)c3c2CCCC3)cc1. The maximum absolute atomic E-state index is 13.8. The molecule has 1 saturated carbocycles. The summed E-state index contributed by atoms with van der Waals surface area (Å²) in [4.78, 5) is 14.9. The second-order valence-electron chi connectivity index (χ2n) is 8.47. The van der Waals surface area contributed by atoms with Crippen LogP contribution in [0.3, 0.4) is 0 Å². The summed E-state index contributed by atoms with van der Waals surface area (Å²) in [5.41, 5.74) is 2.42. The van der Waals surface area contributed by atoms with Crippen LogP contribution in [0.4, 0.5) is 13.2 Å². The predicted octanol–water partition coefficient (Wildman–Crippen LogP) is 6.34. The van der Waals surface area contributed by atoms with E-state index in [9.17, 15) is 23.1 Å². The van der Waals surface area contributed by atoms with Gasteiger partial charge >= 0.3 is 12.1 Å². The zero-order valence-corrected chi connectivity index (χ0v) is 17.8. The molecular weight excluding hydrogens is 441 g/mol. The standard InChI is InChI=1S/C24H20ClF3N2O2/c25-18-9-12-29-21(24(26,27)28)20(18)23(10-11-23)30-13-17(16-3-1-2-4-19(16)30)14-5-7-15(8-6-14)22(31)32/h5-9,12-13H,1-4,10-11H2,(H,31,32). The number of aromatic carboxylic acids is 1. The lowest BCUT2D eigenvalue weighted by molar-refractivity contribution is -0.142. The normalized spacial score (nSPS) is 17.1. The molecule has 2 heterocycles. The van der Waals surface area contributed by atoms with Crippen molar-refractivity contribution in [1.29, 1.82) is 0 Å². The molecular formula is C24H20ClF3N2O2.